The number of furan rings is 1. The van der Waals surface area contributed by atoms with Gasteiger partial charge in [0.2, 0.25) is 0 Å². The van der Waals surface area contributed by atoms with Crippen LogP contribution in [0.2, 0.25) is 0 Å². The van der Waals surface area contributed by atoms with Crippen molar-refractivity contribution >= 4 is 82.4 Å². The Bertz CT molecular complexity index is 4240. The molecule has 0 atom stereocenters. The van der Waals surface area contributed by atoms with E-state index in [0.717, 1.165) is 66.9 Å². The maximum atomic E-state index is 7.19. The van der Waals surface area contributed by atoms with Crippen LogP contribution in [0.25, 0.3) is 115 Å². The average Bonchev–Trinajstić information content (AvgIpc) is 4.01. The molecule has 71 heavy (non-hydrogen) atoms. The molecule has 0 N–H and O–H groups in total. The molecule has 14 rings (SSSR count). The maximum absolute atomic E-state index is 7.19. The number of rotatable bonds is 8. The van der Waals surface area contributed by atoms with Crippen molar-refractivity contribution in [3.8, 4) is 50.2 Å². The van der Waals surface area contributed by atoms with E-state index in [1.54, 1.807) is 0 Å². The van der Waals surface area contributed by atoms with Crippen LogP contribution in [0.1, 0.15) is 0 Å². The van der Waals surface area contributed by atoms with Gasteiger partial charge in [-0.25, -0.2) is 0 Å². The van der Waals surface area contributed by atoms with Crippen LogP contribution < -0.4 is 4.90 Å². The summed E-state index contributed by atoms with van der Waals surface area (Å²) >= 11 is 0. The highest BCUT2D eigenvalue weighted by Gasteiger charge is 2.23. The van der Waals surface area contributed by atoms with Crippen molar-refractivity contribution in [1.82, 2.24) is 4.57 Å². The molecule has 0 unspecified atom stereocenters. The van der Waals surface area contributed by atoms with Crippen molar-refractivity contribution in [3.63, 3.8) is 0 Å². The first-order chi connectivity index (χ1) is 35.2. The number of anilines is 3. The van der Waals surface area contributed by atoms with Crippen molar-refractivity contribution < 1.29 is 4.42 Å². The number of hydrogen-bond acceptors (Lipinski definition) is 2. The van der Waals surface area contributed by atoms with Crippen LogP contribution in [-0.2, 0) is 0 Å². The number of benzene rings is 12. The molecule has 0 spiro atoms. The molecule has 14 aromatic rings. The van der Waals surface area contributed by atoms with Gasteiger partial charge in [0.15, 0.2) is 5.58 Å². The molecule has 0 radical (unpaired) electrons. The molecule has 0 aliphatic carbocycles. The monoisotopic (exact) mass is 904 g/mol. The molecule has 2 aromatic heterocycles. The maximum Gasteiger partial charge on any atom is 0.159 e. The molecule has 3 nitrogen and oxygen atoms in total. The van der Waals surface area contributed by atoms with E-state index >= 15 is 0 Å². The van der Waals surface area contributed by atoms with E-state index in [9.17, 15) is 0 Å². The molecule has 332 valence electrons. The molecule has 12 aromatic carbocycles. The molecular formula is C68H44N2O. The van der Waals surface area contributed by atoms with Crippen LogP contribution in [0.5, 0.6) is 0 Å². The summed E-state index contributed by atoms with van der Waals surface area (Å²) in [5.41, 5.74) is 17.6. The quantitative estimate of drug-likeness (QED) is 0.151. The van der Waals surface area contributed by atoms with E-state index in [1.807, 2.05) is 0 Å². The lowest BCUT2D eigenvalue weighted by atomic mass is 9.96. The summed E-state index contributed by atoms with van der Waals surface area (Å²) < 4.78 is 9.56. The van der Waals surface area contributed by atoms with Gasteiger partial charge in [0.05, 0.1) is 16.7 Å². The smallest absolute Gasteiger partial charge is 0.159 e. The number of fused-ring (bicyclic) bond motifs is 9. The summed E-state index contributed by atoms with van der Waals surface area (Å²) in [6.45, 7) is 0. The van der Waals surface area contributed by atoms with Gasteiger partial charge in [-0.2, -0.15) is 0 Å². The molecule has 0 bridgehead atoms. The van der Waals surface area contributed by atoms with Gasteiger partial charge < -0.3 is 13.9 Å². The van der Waals surface area contributed by atoms with E-state index in [2.05, 4.69) is 276 Å². The minimum atomic E-state index is 0.845. The topological polar surface area (TPSA) is 21.3 Å². The van der Waals surface area contributed by atoms with Gasteiger partial charge in [-0.05, 0) is 127 Å². The highest BCUT2D eigenvalue weighted by Crippen LogP contribution is 2.47. The van der Waals surface area contributed by atoms with Crippen LogP contribution in [-0.4, -0.2) is 4.57 Å². The SMILES string of the molecule is c1ccc(-c2cc3ccccc3c3c2oc2c(N(c4ccc(-c5ccc(-c6ccc(-n7c8ccccc8c8ccccc87)cc6)cc5)cc4)c4ccc(-c5ccc6ccccc6c5)cc4)cccc23)cc1. The zero-order valence-electron chi connectivity index (χ0n) is 38.7. The Labute approximate surface area is 411 Å². The molecule has 3 heteroatoms. The Morgan fingerprint density at radius 1 is 0.296 bits per heavy atom. The van der Waals surface area contributed by atoms with Crippen LogP contribution in [0.3, 0.4) is 0 Å². The summed E-state index contributed by atoms with van der Waals surface area (Å²) in [7, 11) is 0. The number of aromatic nitrogens is 1. The van der Waals surface area contributed by atoms with Crippen molar-refractivity contribution in [1.29, 1.82) is 0 Å². The Hall–Kier alpha value is -9.44. The Morgan fingerprint density at radius 3 is 1.41 bits per heavy atom. The Morgan fingerprint density at radius 2 is 0.775 bits per heavy atom. The van der Waals surface area contributed by atoms with Crippen molar-refractivity contribution in [2.75, 3.05) is 4.90 Å². The zero-order valence-corrected chi connectivity index (χ0v) is 38.7. The third kappa shape index (κ3) is 6.89. The predicted molar refractivity (Wildman–Crippen MR) is 299 cm³/mol. The number of hydrogen-bond donors (Lipinski definition) is 0. The van der Waals surface area contributed by atoms with Gasteiger partial charge in [-0.15, -0.1) is 0 Å². The van der Waals surface area contributed by atoms with Crippen molar-refractivity contribution in [3.05, 3.63) is 267 Å². The van der Waals surface area contributed by atoms with E-state index in [4.69, 9.17) is 4.42 Å². The normalized spacial score (nSPS) is 11.7. The van der Waals surface area contributed by atoms with Gasteiger partial charge >= 0.3 is 0 Å². The second kappa shape index (κ2) is 16.7. The molecule has 0 aliphatic heterocycles. The summed E-state index contributed by atoms with van der Waals surface area (Å²) in [5, 5.41) is 9.58. The minimum absolute atomic E-state index is 0.845. The highest BCUT2D eigenvalue weighted by atomic mass is 16.3. The fourth-order valence-corrected chi connectivity index (χ4v) is 10.9. The summed E-state index contributed by atoms with van der Waals surface area (Å²) in [6.07, 6.45) is 0. The van der Waals surface area contributed by atoms with Crippen LogP contribution in [0, 0.1) is 0 Å². The fraction of sp³-hybridized carbons (Fsp3) is 0. The molecule has 0 aliphatic rings. The van der Waals surface area contributed by atoms with Crippen molar-refractivity contribution in [2.24, 2.45) is 0 Å². The molecule has 2 heterocycles. The molecule has 0 fully saturated rings. The summed E-state index contributed by atoms with van der Waals surface area (Å²) in [6, 6.07) is 96.4. The molecule has 0 amide bonds. The molecule has 0 saturated heterocycles. The zero-order chi connectivity index (χ0) is 46.8. The second-order valence-corrected chi connectivity index (χ2v) is 18.5. The van der Waals surface area contributed by atoms with Gasteiger partial charge in [0.25, 0.3) is 0 Å². The first-order valence-corrected chi connectivity index (χ1v) is 24.3. The van der Waals surface area contributed by atoms with Crippen LogP contribution in [0.15, 0.2) is 271 Å². The second-order valence-electron chi connectivity index (χ2n) is 18.5. The summed E-state index contributed by atoms with van der Waals surface area (Å²) in [5.74, 6) is 0. The molecule has 0 saturated carbocycles. The number of nitrogens with zero attached hydrogens (tertiary/aromatic N) is 2. The third-order valence-corrected chi connectivity index (χ3v) is 14.4. The Balaban J connectivity index is 0.840. The van der Waals surface area contributed by atoms with Gasteiger partial charge in [-0.1, -0.05) is 200 Å². The first kappa shape index (κ1) is 40.6. The largest absolute Gasteiger partial charge is 0.453 e. The average molecular weight is 905 g/mol. The van der Waals surface area contributed by atoms with Crippen molar-refractivity contribution in [2.45, 2.75) is 0 Å². The van der Waals surface area contributed by atoms with Gasteiger partial charge in [0.1, 0.15) is 5.58 Å². The standard InChI is InChI=1S/C68H44N2O/c1-2-14-51(15-3-1)62-44-54-17-6-7-18-58(54)66-61-21-12-24-65(67(61)71-68(62)66)69(56-39-35-50(36-40-56)53-30-29-45-13-4-5-16-52(45)43-53)55-37-31-48(32-38-55)46-25-27-47(28-26-46)49-33-41-57(42-34-49)70-63-22-10-8-19-59(63)60-20-9-11-23-64(60)70/h1-44H. The first-order valence-electron chi connectivity index (χ1n) is 24.3. The van der Waals surface area contributed by atoms with Crippen LogP contribution >= 0.6 is 0 Å². The van der Waals surface area contributed by atoms with Gasteiger partial charge in [-0.3, -0.25) is 0 Å². The lowest BCUT2D eigenvalue weighted by Gasteiger charge is -2.26. The number of para-hydroxylation sites is 3. The predicted octanol–water partition coefficient (Wildman–Crippen LogP) is 19.1. The van der Waals surface area contributed by atoms with E-state index in [1.165, 1.54) is 65.6 Å². The lowest BCUT2D eigenvalue weighted by molar-refractivity contribution is 0.670. The van der Waals surface area contributed by atoms with E-state index in [-0.39, 0.29) is 0 Å². The Kier molecular flexibility index (Phi) is 9.53. The fourth-order valence-electron chi connectivity index (χ4n) is 10.9. The highest BCUT2D eigenvalue weighted by molar-refractivity contribution is 6.24. The van der Waals surface area contributed by atoms with E-state index in [0.29, 0.717) is 0 Å². The molecular weight excluding hydrogens is 861 g/mol. The minimum Gasteiger partial charge on any atom is -0.453 e. The summed E-state index contributed by atoms with van der Waals surface area (Å²) in [4.78, 5) is 2.34. The van der Waals surface area contributed by atoms with E-state index < -0.39 is 0 Å². The third-order valence-electron chi connectivity index (χ3n) is 14.4. The lowest BCUT2D eigenvalue weighted by Crippen LogP contribution is -2.10. The van der Waals surface area contributed by atoms with Crippen LogP contribution in [0.4, 0.5) is 17.1 Å². The van der Waals surface area contributed by atoms with Gasteiger partial charge in [0, 0.05) is 44.2 Å².